The van der Waals surface area contributed by atoms with Gasteiger partial charge in [-0.2, -0.15) is 5.10 Å². The van der Waals surface area contributed by atoms with Gasteiger partial charge in [0.25, 0.3) is 5.91 Å². The first kappa shape index (κ1) is 21.8. The molecule has 0 radical (unpaired) electrons. The van der Waals surface area contributed by atoms with Gasteiger partial charge in [0.2, 0.25) is 0 Å². The molecule has 0 saturated heterocycles. The summed E-state index contributed by atoms with van der Waals surface area (Å²) >= 11 is 0. The molecular weight excluding hydrogens is 392 g/mol. The van der Waals surface area contributed by atoms with E-state index in [1.54, 1.807) is 32.3 Å². The van der Waals surface area contributed by atoms with Crippen molar-refractivity contribution in [2.45, 2.75) is 19.9 Å². The number of nitrogens with zero attached hydrogens (tertiary/aromatic N) is 2. The number of hydrogen-bond donors (Lipinski definition) is 2. The second kappa shape index (κ2) is 10.2. The molecule has 0 aliphatic rings. The third kappa shape index (κ3) is 5.60. The summed E-state index contributed by atoms with van der Waals surface area (Å²) in [4.78, 5) is 24.3. The number of amides is 1. The lowest BCUT2D eigenvalue weighted by atomic mass is 10.0. The number of rotatable bonds is 8. The van der Waals surface area contributed by atoms with Crippen LogP contribution < -0.4 is 11.2 Å². The van der Waals surface area contributed by atoms with E-state index in [-0.39, 0.29) is 11.9 Å². The lowest BCUT2D eigenvalue weighted by Crippen LogP contribution is -2.17. The normalized spacial score (nSPS) is 10.9. The summed E-state index contributed by atoms with van der Waals surface area (Å²) in [7, 11) is 1.60. The van der Waals surface area contributed by atoms with Crippen LogP contribution in [0, 0.1) is 0 Å². The van der Waals surface area contributed by atoms with Crippen molar-refractivity contribution in [3.8, 4) is 0 Å². The van der Waals surface area contributed by atoms with Gasteiger partial charge in [0.1, 0.15) is 0 Å². The number of ether oxygens (including phenoxy) is 1. The summed E-state index contributed by atoms with van der Waals surface area (Å²) in [5.74, 6) is 4.77. The minimum Gasteiger partial charge on any atom is -0.462 e. The third-order valence-electron chi connectivity index (χ3n) is 4.84. The van der Waals surface area contributed by atoms with Crippen molar-refractivity contribution in [3.63, 3.8) is 0 Å². The molecule has 2 aromatic carbocycles. The van der Waals surface area contributed by atoms with E-state index in [2.05, 4.69) is 10.4 Å². The molecular formula is C24H26N4O3. The highest BCUT2D eigenvalue weighted by atomic mass is 16.5. The second-order valence-corrected chi connectivity index (χ2v) is 7.07. The number of esters is 1. The second-order valence-electron chi connectivity index (χ2n) is 7.07. The summed E-state index contributed by atoms with van der Waals surface area (Å²) in [6.45, 7) is 2.69. The molecule has 1 heterocycles. The minimum absolute atomic E-state index is 0.133. The van der Waals surface area contributed by atoms with Crippen molar-refractivity contribution >= 4 is 18.1 Å². The number of carbonyl (C=O) groups is 2. The van der Waals surface area contributed by atoms with E-state index in [9.17, 15) is 9.59 Å². The molecule has 1 aromatic heterocycles. The highest BCUT2D eigenvalue weighted by Gasteiger charge is 2.16. The molecule has 0 aliphatic heterocycles. The van der Waals surface area contributed by atoms with E-state index in [1.807, 2.05) is 53.4 Å². The summed E-state index contributed by atoms with van der Waals surface area (Å²) in [6.07, 6.45) is 5.92. The number of nitrogens with one attached hydrogen (secondary N) is 1. The number of hydrogen-bond acceptors (Lipinski definition) is 5. The van der Waals surface area contributed by atoms with Gasteiger partial charge in [-0.3, -0.25) is 4.79 Å². The lowest BCUT2D eigenvalue weighted by molar-refractivity contribution is 0.0525. The van der Waals surface area contributed by atoms with Crippen LogP contribution in [0.2, 0.25) is 0 Å². The van der Waals surface area contributed by atoms with Crippen molar-refractivity contribution in [3.05, 3.63) is 94.3 Å². The van der Waals surface area contributed by atoms with Crippen LogP contribution in [0.3, 0.4) is 0 Å². The Morgan fingerprint density at radius 3 is 2.58 bits per heavy atom. The zero-order valence-electron chi connectivity index (χ0n) is 17.7. The average Bonchev–Trinajstić information content (AvgIpc) is 3.16. The number of benzene rings is 2. The predicted octanol–water partition coefficient (Wildman–Crippen LogP) is 2.96. The maximum absolute atomic E-state index is 12.5. The molecule has 0 atom stereocenters. The largest absolute Gasteiger partial charge is 0.462 e. The Balaban J connectivity index is 1.86. The van der Waals surface area contributed by atoms with Gasteiger partial charge in [0.05, 0.1) is 18.4 Å². The van der Waals surface area contributed by atoms with Crippen molar-refractivity contribution in [1.29, 1.82) is 0 Å². The van der Waals surface area contributed by atoms with Gasteiger partial charge in [0, 0.05) is 31.5 Å². The number of carbonyl (C=O) groups excluding carboxylic acids is 2. The maximum atomic E-state index is 12.5. The summed E-state index contributed by atoms with van der Waals surface area (Å²) in [6, 6.07) is 15.2. The molecule has 0 spiro atoms. The quantitative estimate of drug-likeness (QED) is 0.254. The molecule has 3 rings (SSSR count). The van der Waals surface area contributed by atoms with E-state index >= 15 is 0 Å². The molecule has 1 amide bonds. The Kier molecular flexibility index (Phi) is 7.22. The van der Waals surface area contributed by atoms with E-state index in [1.165, 1.54) is 0 Å². The zero-order chi connectivity index (χ0) is 22.2. The molecule has 7 heteroatoms. The Labute approximate surface area is 181 Å². The van der Waals surface area contributed by atoms with Crippen molar-refractivity contribution in [2.24, 2.45) is 10.9 Å². The molecule has 3 aromatic rings. The fraction of sp³-hybridized carbons (Fsp3) is 0.208. The Morgan fingerprint density at radius 2 is 1.90 bits per heavy atom. The topological polar surface area (TPSA) is 98.7 Å². The molecule has 160 valence electrons. The van der Waals surface area contributed by atoms with Gasteiger partial charge in [-0.25, -0.2) is 4.79 Å². The summed E-state index contributed by atoms with van der Waals surface area (Å²) in [5.41, 5.74) is 4.97. The van der Waals surface area contributed by atoms with Crippen molar-refractivity contribution in [1.82, 2.24) is 9.88 Å². The van der Waals surface area contributed by atoms with E-state index in [0.717, 1.165) is 22.3 Å². The monoisotopic (exact) mass is 418 g/mol. The van der Waals surface area contributed by atoms with Crippen LogP contribution in [0.1, 0.15) is 49.9 Å². The smallest absolute Gasteiger partial charge is 0.339 e. The molecule has 0 fully saturated rings. The Bertz CT molecular complexity index is 1080. The van der Waals surface area contributed by atoms with Gasteiger partial charge in [-0.1, -0.05) is 30.3 Å². The first-order chi connectivity index (χ1) is 15.0. The minimum atomic E-state index is -0.345. The van der Waals surface area contributed by atoms with E-state index in [4.69, 9.17) is 10.6 Å². The molecule has 7 nitrogen and oxygen atoms in total. The third-order valence-corrected chi connectivity index (χ3v) is 4.84. The fourth-order valence-corrected chi connectivity index (χ4v) is 3.39. The average molecular weight is 418 g/mol. The summed E-state index contributed by atoms with van der Waals surface area (Å²) < 4.78 is 7.22. The van der Waals surface area contributed by atoms with Gasteiger partial charge in [0.15, 0.2) is 0 Å². The predicted molar refractivity (Wildman–Crippen MR) is 120 cm³/mol. The fourth-order valence-electron chi connectivity index (χ4n) is 3.39. The van der Waals surface area contributed by atoms with E-state index in [0.29, 0.717) is 30.7 Å². The van der Waals surface area contributed by atoms with Gasteiger partial charge >= 0.3 is 5.97 Å². The van der Waals surface area contributed by atoms with Crippen LogP contribution >= 0.6 is 0 Å². The van der Waals surface area contributed by atoms with Crippen molar-refractivity contribution in [2.75, 3.05) is 13.7 Å². The first-order valence-electron chi connectivity index (χ1n) is 10.0. The molecule has 31 heavy (non-hydrogen) atoms. The van der Waals surface area contributed by atoms with Gasteiger partial charge in [-0.15, -0.1) is 0 Å². The van der Waals surface area contributed by atoms with Crippen LogP contribution in [0.25, 0.3) is 0 Å². The first-order valence-corrected chi connectivity index (χ1v) is 10.0. The van der Waals surface area contributed by atoms with Crippen LogP contribution in [-0.2, 0) is 17.7 Å². The van der Waals surface area contributed by atoms with Crippen LogP contribution in [0.5, 0.6) is 0 Å². The van der Waals surface area contributed by atoms with Gasteiger partial charge in [-0.05, 0) is 53.8 Å². The highest BCUT2D eigenvalue weighted by molar-refractivity contribution is 5.94. The number of nitrogens with two attached hydrogens (primary N) is 1. The molecule has 0 aliphatic carbocycles. The van der Waals surface area contributed by atoms with Crippen LogP contribution in [0.15, 0.2) is 66.0 Å². The maximum Gasteiger partial charge on any atom is 0.339 e. The SMILES string of the molecule is CCOC(=O)c1cn(Cc2cccc(/C=N\N)c2)cc1Cc1ccc(C(=O)NC)cc1. The molecule has 0 bridgehead atoms. The number of hydrazone groups is 1. The van der Waals surface area contributed by atoms with Crippen LogP contribution in [-0.4, -0.2) is 36.3 Å². The lowest BCUT2D eigenvalue weighted by Gasteiger charge is -2.05. The number of aromatic nitrogens is 1. The molecule has 0 saturated carbocycles. The molecule has 0 unspecified atom stereocenters. The summed E-state index contributed by atoms with van der Waals surface area (Å²) in [5, 5.41) is 6.18. The van der Waals surface area contributed by atoms with Crippen molar-refractivity contribution < 1.29 is 14.3 Å². The Hall–Kier alpha value is -3.87. The Morgan fingerprint density at radius 1 is 1.13 bits per heavy atom. The standard InChI is InChI=1S/C24H26N4O3/c1-3-31-24(30)22-16-28(14-19-6-4-5-18(11-19)13-27-25)15-21(22)12-17-7-9-20(10-8-17)23(29)26-2/h4-11,13,15-16H,3,12,14,25H2,1-2H3,(H,26,29)/b27-13-. The molecule has 3 N–H and O–H groups in total. The van der Waals surface area contributed by atoms with E-state index < -0.39 is 0 Å². The highest BCUT2D eigenvalue weighted by Crippen LogP contribution is 2.19. The van der Waals surface area contributed by atoms with Crippen LogP contribution in [0.4, 0.5) is 0 Å². The van der Waals surface area contributed by atoms with Gasteiger partial charge < -0.3 is 20.5 Å². The zero-order valence-corrected chi connectivity index (χ0v) is 17.7.